The maximum Gasteiger partial charge on any atom is 0.123 e. The summed E-state index contributed by atoms with van der Waals surface area (Å²) in [6.45, 7) is 3.02. The standard InChI is InChI=1S/C14H21FN2/c1-10(16)7-12-8-13(15)5-6-14(12)17(2)9-11-3-4-11/h5-6,8,10-11H,3-4,7,9,16H2,1-2H3. The highest BCUT2D eigenvalue weighted by Crippen LogP contribution is 2.32. The van der Waals surface area contributed by atoms with Crippen LogP contribution >= 0.6 is 0 Å². The van der Waals surface area contributed by atoms with Gasteiger partial charge in [-0.05, 0) is 55.9 Å². The number of rotatable bonds is 5. The summed E-state index contributed by atoms with van der Waals surface area (Å²) in [4.78, 5) is 2.23. The summed E-state index contributed by atoms with van der Waals surface area (Å²) in [7, 11) is 2.08. The molecular formula is C14H21FN2. The predicted octanol–water partition coefficient (Wildman–Crippen LogP) is 2.56. The molecule has 1 fully saturated rings. The fourth-order valence-corrected chi connectivity index (χ4v) is 2.22. The molecule has 1 saturated carbocycles. The number of halogens is 1. The summed E-state index contributed by atoms with van der Waals surface area (Å²) >= 11 is 0. The zero-order valence-electron chi connectivity index (χ0n) is 10.6. The third-order valence-corrected chi connectivity index (χ3v) is 3.22. The molecule has 1 aliphatic carbocycles. The molecule has 17 heavy (non-hydrogen) atoms. The normalized spacial score (nSPS) is 16.9. The van der Waals surface area contributed by atoms with Crippen LogP contribution in [0.2, 0.25) is 0 Å². The Kier molecular flexibility index (Phi) is 3.67. The summed E-state index contributed by atoms with van der Waals surface area (Å²) in [5, 5.41) is 0. The van der Waals surface area contributed by atoms with Crippen molar-refractivity contribution in [3.63, 3.8) is 0 Å². The van der Waals surface area contributed by atoms with Crippen molar-refractivity contribution in [3.05, 3.63) is 29.6 Å². The molecule has 0 aliphatic heterocycles. The molecule has 94 valence electrons. The minimum absolute atomic E-state index is 0.0601. The van der Waals surface area contributed by atoms with E-state index < -0.39 is 0 Å². The van der Waals surface area contributed by atoms with Crippen LogP contribution in [0.1, 0.15) is 25.3 Å². The lowest BCUT2D eigenvalue weighted by molar-refractivity contribution is 0.622. The first-order valence-electron chi connectivity index (χ1n) is 6.31. The summed E-state index contributed by atoms with van der Waals surface area (Å²) in [6.07, 6.45) is 3.38. The molecule has 0 aromatic heterocycles. The highest BCUT2D eigenvalue weighted by molar-refractivity contribution is 5.53. The van der Waals surface area contributed by atoms with Gasteiger partial charge in [0.15, 0.2) is 0 Å². The lowest BCUT2D eigenvalue weighted by Gasteiger charge is -2.23. The van der Waals surface area contributed by atoms with Gasteiger partial charge in [0.1, 0.15) is 5.82 Å². The van der Waals surface area contributed by atoms with Gasteiger partial charge in [-0.25, -0.2) is 4.39 Å². The van der Waals surface area contributed by atoms with E-state index in [1.807, 2.05) is 13.0 Å². The van der Waals surface area contributed by atoms with Crippen molar-refractivity contribution in [2.75, 3.05) is 18.5 Å². The van der Waals surface area contributed by atoms with Crippen molar-refractivity contribution >= 4 is 5.69 Å². The van der Waals surface area contributed by atoms with E-state index in [0.717, 1.165) is 30.1 Å². The number of hydrogen-bond donors (Lipinski definition) is 1. The van der Waals surface area contributed by atoms with E-state index in [4.69, 9.17) is 5.73 Å². The van der Waals surface area contributed by atoms with Crippen LogP contribution in [0.15, 0.2) is 18.2 Å². The van der Waals surface area contributed by atoms with Crippen LogP contribution in [0.5, 0.6) is 0 Å². The second-order valence-electron chi connectivity index (χ2n) is 5.28. The minimum atomic E-state index is -0.177. The highest BCUT2D eigenvalue weighted by atomic mass is 19.1. The Hall–Kier alpha value is -1.09. The highest BCUT2D eigenvalue weighted by Gasteiger charge is 2.23. The van der Waals surface area contributed by atoms with Crippen LogP contribution in [0.3, 0.4) is 0 Å². The van der Waals surface area contributed by atoms with Gasteiger partial charge in [-0.3, -0.25) is 0 Å². The van der Waals surface area contributed by atoms with Gasteiger partial charge in [-0.2, -0.15) is 0 Å². The van der Waals surface area contributed by atoms with Crippen LogP contribution < -0.4 is 10.6 Å². The van der Waals surface area contributed by atoms with Crippen molar-refractivity contribution in [3.8, 4) is 0 Å². The maximum absolute atomic E-state index is 13.3. The summed E-state index contributed by atoms with van der Waals surface area (Å²) < 4.78 is 13.3. The minimum Gasteiger partial charge on any atom is -0.374 e. The Morgan fingerprint density at radius 1 is 1.47 bits per heavy atom. The van der Waals surface area contributed by atoms with Gasteiger partial charge in [0, 0.05) is 25.3 Å². The molecule has 0 saturated heterocycles. The van der Waals surface area contributed by atoms with Gasteiger partial charge >= 0.3 is 0 Å². The molecule has 0 amide bonds. The van der Waals surface area contributed by atoms with E-state index in [-0.39, 0.29) is 11.9 Å². The van der Waals surface area contributed by atoms with Gasteiger partial charge in [-0.15, -0.1) is 0 Å². The van der Waals surface area contributed by atoms with E-state index in [1.54, 1.807) is 6.07 Å². The molecule has 1 unspecified atom stereocenters. The number of nitrogens with two attached hydrogens (primary N) is 1. The molecule has 1 aromatic rings. The third kappa shape index (κ3) is 3.43. The molecule has 3 heteroatoms. The molecule has 2 rings (SSSR count). The van der Waals surface area contributed by atoms with E-state index in [9.17, 15) is 4.39 Å². The Labute approximate surface area is 103 Å². The van der Waals surface area contributed by atoms with Crippen molar-refractivity contribution in [2.45, 2.75) is 32.2 Å². The van der Waals surface area contributed by atoms with E-state index in [1.165, 1.54) is 18.9 Å². The van der Waals surface area contributed by atoms with Crippen LogP contribution in [0.4, 0.5) is 10.1 Å². The fourth-order valence-electron chi connectivity index (χ4n) is 2.22. The molecule has 0 heterocycles. The third-order valence-electron chi connectivity index (χ3n) is 3.22. The van der Waals surface area contributed by atoms with Crippen LogP contribution in [0.25, 0.3) is 0 Å². The zero-order chi connectivity index (χ0) is 12.4. The molecule has 1 aliphatic rings. The first-order valence-corrected chi connectivity index (χ1v) is 6.31. The summed E-state index contributed by atoms with van der Waals surface area (Å²) in [5.74, 6) is 0.650. The van der Waals surface area contributed by atoms with Gasteiger partial charge < -0.3 is 10.6 Å². The van der Waals surface area contributed by atoms with Crippen LogP contribution in [-0.2, 0) is 6.42 Å². The molecular weight excluding hydrogens is 215 g/mol. The molecule has 1 aromatic carbocycles. The van der Waals surface area contributed by atoms with Gasteiger partial charge in [0.2, 0.25) is 0 Å². The first-order chi connectivity index (χ1) is 8.06. The molecule has 0 spiro atoms. The lowest BCUT2D eigenvalue weighted by atomic mass is 10.0. The second-order valence-corrected chi connectivity index (χ2v) is 5.28. The van der Waals surface area contributed by atoms with Crippen molar-refractivity contribution in [2.24, 2.45) is 11.7 Å². The number of nitrogens with zero attached hydrogens (tertiary/aromatic N) is 1. The van der Waals surface area contributed by atoms with Crippen LogP contribution in [0, 0.1) is 11.7 Å². The van der Waals surface area contributed by atoms with Crippen molar-refractivity contribution in [1.29, 1.82) is 0 Å². The Morgan fingerprint density at radius 3 is 2.76 bits per heavy atom. The average Bonchev–Trinajstić information content (AvgIpc) is 3.00. The number of benzene rings is 1. The molecule has 0 bridgehead atoms. The smallest absolute Gasteiger partial charge is 0.123 e. The largest absolute Gasteiger partial charge is 0.374 e. The number of anilines is 1. The van der Waals surface area contributed by atoms with Gasteiger partial charge in [0.05, 0.1) is 0 Å². The second kappa shape index (κ2) is 5.05. The van der Waals surface area contributed by atoms with E-state index in [0.29, 0.717) is 0 Å². The maximum atomic E-state index is 13.3. The molecule has 0 radical (unpaired) electrons. The van der Waals surface area contributed by atoms with Gasteiger partial charge in [-0.1, -0.05) is 0 Å². The summed E-state index contributed by atoms with van der Waals surface area (Å²) in [6, 6.07) is 5.07. The quantitative estimate of drug-likeness (QED) is 0.851. The SMILES string of the molecule is CC(N)Cc1cc(F)ccc1N(C)CC1CC1. The molecule has 2 nitrogen and oxygen atoms in total. The first kappa shape index (κ1) is 12.4. The van der Waals surface area contributed by atoms with Crippen LogP contribution in [-0.4, -0.2) is 19.6 Å². The lowest BCUT2D eigenvalue weighted by Crippen LogP contribution is -2.24. The van der Waals surface area contributed by atoms with E-state index in [2.05, 4.69) is 11.9 Å². The summed E-state index contributed by atoms with van der Waals surface area (Å²) in [5.41, 5.74) is 7.95. The zero-order valence-corrected chi connectivity index (χ0v) is 10.6. The monoisotopic (exact) mass is 236 g/mol. The Morgan fingerprint density at radius 2 is 2.18 bits per heavy atom. The molecule has 1 atom stereocenters. The Bertz CT molecular complexity index is 386. The topological polar surface area (TPSA) is 29.3 Å². The average molecular weight is 236 g/mol. The fraction of sp³-hybridized carbons (Fsp3) is 0.571. The van der Waals surface area contributed by atoms with Crippen molar-refractivity contribution in [1.82, 2.24) is 0 Å². The Balaban J connectivity index is 2.17. The predicted molar refractivity (Wildman–Crippen MR) is 69.7 cm³/mol. The van der Waals surface area contributed by atoms with E-state index >= 15 is 0 Å². The van der Waals surface area contributed by atoms with Crippen molar-refractivity contribution < 1.29 is 4.39 Å². The number of hydrogen-bond acceptors (Lipinski definition) is 2. The van der Waals surface area contributed by atoms with Gasteiger partial charge in [0.25, 0.3) is 0 Å². The molecule has 2 N–H and O–H groups in total.